The molecule has 0 spiro atoms. The second-order valence-electron chi connectivity index (χ2n) is 20.8. The molecule has 0 unspecified atom stereocenters. The van der Waals surface area contributed by atoms with Crippen LogP contribution in [0.25, 0.3) is 22.3 Å². The molecule has 72 heavy (non-hydrogen) atoms. The molecule has 1 aliphatic carbocycles. The van der Waals surface area contributed by atoms with E-state index in [4.69, 9.17) is 18.9 Å². The van der Waals surface area contributed by atoms with Gasteiger partial charge in [-0.3, -0.25) is 9.59 Å². The van der Waals surface area contributed by atoms with Crippen molar-refractivity contribution in [1.29, 1.82) is 0 Å². The summed E-state index contributed by atoms with van der Waals surface area (Å²) < 4.78 is 26.3. The molecule has 6 heteroatoms. The van der Waals surface area contributed by atoms with Crippen LogP contribution >= 0.6 is 0 Å². The van der Waals surface area contributed by atoms with Gasteiger partial charge in [-0.15, -0.1) is 0 Å². The average Bonchev–Trinajstić information content (AvgIpc) is 3.40. The highest BCUT2D eigenvalue weighted by Gasteiger charge is 2.31. The molecule has 0 saturated heterocycles. The average molecular weight is 985 g/mol. The molecule has 0 bridgehead atoms. The first-order chi connectivity index (χ1) is 35.5. The van der Waals surface area contributed by atoms with Crippen LogP contribution in [0.3, 0.4) is 0 Å². The van der Waals surface area contributed by atoms with Crippen LogP contribution in [0.2, 0.25) is 0 Å². The second-order valence-corrected chi connectivity index (χ2v) is 20.8. The Morgan fingerprint density at radius 3 is 0.819 bits per heavy atom. The lowest BCUT2D eigenvalue weighted by atomic mass is 9.80. The van der Waals surface area contributed by atoms with Crippen LogP contribution in [0, 0.1) is 0 Å². The van der Waals surface area contributed by atoms with E-state index in [1.54, 1.807) is 12.1 Å². The quantitative estimate of drug-likeness (QED) is 0.0363. The van der Waals surface area contributed by atoms with Crippen LogP contribution in [0.5, 0.6) is 23.0 Å². The molecule has 0 fully saturated rings. The first-order valence-electron chi connectivity index (χ1n) is 29.7. The number of carbonyl (C=O) groups excluding carboxylic acids is 2. The van der Waals surface area contributed by atoms with E-state index in [1.165, 1.54) is 154 Å². The van der Waals surface area contributed by atoms with Gasteiger partial charge in [0.25, 0.3) is 0 Å². The molecule has 5 rings (SSSR count). The molecule has 0 aliphatic heterocycles. The van der Waals surface area contributed by atoms with Crippen LogP contribution < -0.4 is 18.9 Å². The number of hydrogen-bond acceptors (Lipinski definition) is 6. The Bertz CT molecular complexity index is 1990. The van der Waals surface area contributed by atoms with Crippen molar-refractivity contribution in [3.05, 3.63) is 95.1 Å². The van der Waals surface area contributed by atoms with Gasteiger partial charge in [0, 0.05) is 22.3 Å². The predicted octanol–water partition coefficient (Wildman–Crippen LogP) is 19.9. The summed E-state index contributed by atoms with van der Waals surface area (Å²) >= 11 is 0. The van der Waals surface area contributed by atoms with Crippen molar-refractivity contribution in [2.24, 2.45) is 0 Å². The van der Waals surface area contributed by atoms with E-state index >= 15 is 0 Å². The van der Waals surface area contributed by atoms with Gasteiger partial charge in [-0.1, -0.05) is 244 Å². The smallest absolute Gasteiger partial charge is 0.194 e. The molecule has 0 atom stereocenters. The molecule has 396 valence electrons. The fourth-order valence-corrected chi connectivity index (χ4v) is 10.1. The molecule has 0 radical (unpaired) electrons. The number of carbonyl (C=O) groups is 2. The molecule has 4 aromatic rings. The Labute approximate surface area is 438 Å². The van der Waals surface area contributed by atoms with Gasteiger partial charge in [0.2, 0.25) is 0 Å². The lowest BCUT2D eigenvalue weighted by Crippen LogP contribution is -2.21. The normalized spacial score (nSPS) is 12.0. The minimum absolute atomic E-state index is 0.136. The molecule has 0 saturated carbocycles. The number of fused-ring (bicyclic) bond motifs is 2. The zero-order valence-electron chi connectivity index (χ0n) is 45.8. The van der Waals surface area contributed by atoms with Gasteiger partial charge >= 0.3 is 0 Å². The molecular weight excluding hydrogens is 889 g/mol. The summed E-state index contributed by atoms with van der Waals surface area (Å²) in [6.45, 7) is 11.5. The van der Waals surface area contributed by atoms with E-state index in [1.807, 2.05) is 36.4 Å². The minimum Gasteiger partial charge on any atom is -0.490 e. The summed E-state index contributed by atoms with van der Waals surface area (Å²) in [5.74, 6) is 2.65. The summed E-state index contributed by atoms with van der Waals surface area (Å²) in [7, 11) is 0. The van der Waals surface area contributed by atoms with Crippen molar-refractivity contribution in [3.8, 4) is 45.3 Å². The Balaban J connectivity index is 1.45. The van der Waals surface area contributed by atoms with E-state index in [0.717, 1.165) is 85.1 Å². The zero-order chi connectivity index (χ0) is 50.9. The number of ketones is 2. The summed E-state index contributed by atoms with van der Waals surface area (Å²) in [5, 5.41) is 0. The molecule has 0 amide bonds. The molecule has 1 aliphatic rings. The second kappa shape index (κ2) is 35.6. The van der Waals surface area contributed by atoms with Crippen molar-refractivity contribution >= 4 is 11.6 Å². The Kier molecular flexibility index (Phi) is 28.8. The Hall–Kier alpha value is -4.58. The molecule has 4 aromatic carbocycles. The number of hydrogen-bond donors (Lipinski definition) is 0. The van der Waals surface area contributed by atoms with Gasteiger partial charge in [-0.2, -0.15) is 0 Å². The van der Waals surface area contributed by atoms with Gasteiger partial charge in [-0.05, 0) is 84.3 Å². The molecular formula is C66H96O6. The lowest BCUT2D eigenvalue weighted by Gasteiger charge is -2.22. The maximum Gasteiger partial charge on any atom is 0.194 e. The van der Waals surface area contributed by atoms with E-state index in [-0.39, 0.29) is 11.6 Å². The van der Waals surface area contributed by atoms with E-state index in [0.29, 0.717) is 60.2 Å². The van der Waals surface area contributed by atoms with Crippen LogP contribution in [0.1, 0.15) is 265 Å². The highest BCUT2D eigenvalue weighted by atomic mass is 16.5. The number of benzene rings is 4. The maximum atomic E-state index is 14.3. The van der Waals surface area contributed by atoms with Crippen molar-refractivity contribution in [1.82, 2.24) is 0 Å². The standard InChI is InChI=1S/C66H96O6/c1-5-9-13-17-21-25-29-35-45-69-61-43-41-53(49-63(61)71-47-37-31-27-23-19-15-11-7-3)57-51-59-60(66(68)56-40-34-33-39-55(56)65(59)67)52-58(57)54-42-44-62(70-46-36-30-26-22-18-14-10-6-2)64(50-54)72-48-38-32-28-24-20-16-12-8-4/h33-34,39-44,49-52H,5-32,35-38,45-48H2,1-4H3. The van der Waals surface area contributed by atoms with Crippen LogP contribution in [-0.4, -0.2) is 38.0 Å². The maximum absolute atomic E-state index is 14.3. The van der Waals surface area contributed by atoms with Crippen molar-refractivity contribution < 1.29 is 28.5 Å². The van der Waals surface area contributed by atoms with Gasteiger partial charge < -0.3 is 18.9 Å². The first-order valence-corrected chi connectivity index (χ1v) is 29.7. The van der Waals surface area contributed by atoms with E-state index in [2.05, 4.69) is 52.0 Å². The van der Waals surface area contributed by atoms with Crippen molar-refractivity contribution in [3.63, 3.8) is 0 Å². The Morgan fingerprint density at radius 1 is 0.264 bits per heavy atom. The van der Waals surface area contributed by atoms with Crippen LogP contribution in [0.4, 0.5) is 0 Å². The molecule has 0 N–H and O–H groups in total. The zero-order valence-corrected chi connectivity index (χ0v) is 45.8. The molecule has 6 nitrogen and oxygen atoms in total. The van der Waals surface area contributed by atoms with Gasteiger partial charge in [-0.25, -0.2) is 0 Å². The highest BCUT2D eigenvalue weighted by Crippen LogP contribution is 2.43. The summed E-state index contributed by atoms with van der Waals surface area (Å²) in [6, 6.07) is 23.5. The molecule has 0 heterocycles. The molecule has 0 aromatic heterocycles. The third kappa shape index (κ3) is 20.0. The number of ether oxygens (including phenoxy) is 4. The van der Waals surface area contributed by atoms with Crippen molar-refractivity contribution in [2.45, 2.75) is 233 Å². The van der Waals surface area contributed by atoms with E-state index < -0.39 is 0 Å². The largest absolute Gasteiger partial charge is 0.490 e. The van der Waals surface area contributed by atoms with Crippen molar-refractivity contribution in [2.75, 3.05) is 26.4 Å². The topological polar surface area (TPSA) is 71.1 Å². The number of rotatable bonds is 42. The summed E-state index contributed by atoms with van der Waals surface area (Å²) in [5.41, 5.74) is 5.23. The predicted molar refractivity (Wildman–Crippen MR) is 303 cm³/mol. The minimum atomic E-state index is -0.136. The fraction of sp³-hybridized carbons (Fsp3) is 0.606. The number of unbranched alkanes of at least 4 members (excludes halogenated alkanes) is 28. The fourth-order valence-electron chi connectivity index (χ4n) is 10.1. The van der Waals surface area contributed by atoms with E-state index in [9.17, 15) is 9.59 Å². The van der Waals surface area contributed by atoms with Gasteiger partial charge in [0.1, 0.15) is 0 Å². The van der Waals surface area contributed by atoms with Crippen LogP contribution in [-0.2, 0) is 0 Å². The summed E-state index contributed by atoms with van der Waals surface area (Å²) in [6.07, 6.45) is 39.4. The summed E-state index contributed by atoms with van der Waals surface area (Å²) in [4.78, 5) is 28.6. The van der Waals surface area contributed by atoms with Crippen LogP contribution in [0.15, 0.2) is 72.8 Å². The SMILES string of the molecule is CCCCCCCCCCOc1ccc(-c2cc3c(cc2-c2ccc(OCCCCCCCCCC)c(OCCCCCCCCCC)c2)C(=O)c2ccccc2C3=O)cc1OCCCCCCCCCC. The highest BCUT2D eigenvalue weighted by molar-refractivity contribution is 6.29. The third-order valence-electron chi connectivity index (χ3n) is 14.6. The van der Waals surface area contributed by atoms with Gasteiger partial charge in [0.15, 0.2) is 34.6 Å². The third-order valence-corrected chi connectivity index (χ3v) is 14.6. The lowest BCUT2D eigenvalue weighted by molar-refractivity contribution is 0.0979. The van der Waals surface area contributed by atoms with Gasteiger partial charge in [0.05, 0.1) is 26.4 Å². The first kappa shape index (κ1) is 58.3. The Morgan fingerprint density at radius 2 is 0.528 bits per heavy atom. The monoisotopic (exact) mass is 985 g/mol.